The Balaban J connectivity index is 3.66. The molecule has 0 heterocycles. The third-order valence-corrected chi connectivity index (χ3v) is 2.70. The lowest BCUT2D eigenvalue weighted by Crippen LogP contribution is -2.33. The summed E-state index contributed by atoms with van der Waals surface area (Å²) < 4.78 is 5.57. The predicted molar refractivity (Wildman–Crippen MR) is 62.6 cm³/mol. The fourth-order valence-corrected chi connectivity index (χ4v) is 1.75. The van der Waals surface area contributed by atoms with Gasteiger partial charge in [0, 0.05) is 12.6 Å². The maximum absolute atomic E-state index is 5.57. The number of hydrogen-bond donors (Lipinski definition) is 1. The van der Waals surface area contributed by atoms with Crippen molar-refractivity contribution in [2.24, 2.45) is 5.92 Å². The molecule has 2 atom stereocenters. The summed E-state index contributed by atoms with van der Waals surface area (Å²) in [6.07, 6.45) is 2.76. The van der Waals surface area contributed by atoms with Crippen molar-refractivity contribution >= 4 is 0 Å². The molecule has 1 N–H and O–H groups in total. The standard InChI is InChI=1S/C12H27NO/c1-6-12(11(5)13-7-2)8-9-14-10(3)4/h10-13H,6-9H2,1-5H3. The lowest BCUT2D eigenvalue weighted by atomic mass is 9.95. The molecule has 0 fully saturated rings. The van der Waals surface area contributed by atoms with Gasteiger partial charge in [-0.2, -0.15) is 0 Å². The van der Waals surface area contributed by atoms with E-state index in [1.165, 1.54) is 12.8 Å². The molecule has 0 aliphatic rings. The van der Waals surface area contributed by atoms with E-state index in [1.807, 2.05) is 0 Å². The fraction of sp³-hybridized carbons (Fsp3) is 1.00. The molecule has 0 amide bonds. The largest absolute Gasteiger partial charge is 0.379 e. The maximum atomic E-state index is 5.57. The van der Waals surface area contributed by atoms with Crippen molar-refractivity contribution in [3.8, 4) is 0 Å². The minimum atomic E-state index is 0.363. The normalized spacial score (nSPS) is 15.9. The molecule has 2 unspecified atom stereocenters. The fourth-order valence-electron chi connectivity index (χ4n) is 1.75. The summed E-state index contributed by atoms with van der Waals surface area (Å²) in [6, 6.07) is 0.612. The molecule has 2 nitrogen and oxygen atoms in total. The second kappa shape index (κ2) is 8.25. The first-order chi connectivity index (χ1) is 6.61. The van der Waals surface area contributed by atoms with E-state index in [-0.39, 0.29) is 0 Å². The molecule has 2 heteroatoms. The van der Waals surface area contributed by atoms with Crippen LogP contribution in [-0.4, -0.2) is 25.3 Å². The Morgan fingerprint density at radius 3 is 2.21 bits per heavy atom. The van der Waals surface area contributed by atoms with Crippen LogP contribution < -0.4 is 5.32 Å². The van der Waals surface area contributed by atoms with Gasteiger partial charge in [0.25, 0.3) is 0 Å². The topological polar surface area (TPSA) is 21.3 Å². The summed E-state index contributed by atoms with van der Waals surface area (Å²) in [6.45, 7) is 12.8. The molecule has 0 bridgehead atoms. The number of hydrogen-bond acceptors (Lipinski definition) is 2. The first-order valence-corrected chi connectivity index (χ1v) is 5.96. The van der Waals surface area contributed by atoms with E-state index in [4.69, 9.17) is 4.74 Å². The highest BCUT2D eigenvalue weighted by molar-refractivity contribution is 4.70. The van der Waals surface area contributed by atoms with Crippen molar-refractivity contribution in [1.29, 1.82) is 0 Å². The number of rotatable bonds is 8. The van der Waals surface area contributed by atoms with Gasteiger partial charge in [0.05, 0.1) is 6.10 Å². The van der Waals surface area contributed by atoms with E-state index in [1.54, 1.807) is 0 Å². The van der Waals surface area contributed by atoms with E-state index in [0.717, 1.165) is 19.1 Å². The van der Waals surface area contributed by atoms with Crippen LogP contribution in [0.1, 0.15) is 47.5 Å². The van der Waals surface area contributed by atoms with Crippen molar-refractivity contribution in [3.05, 3.63) is 0 Å². The molecule has 0 aromatic rings. The predicted octanol–water partition coefficient (Wildman–Crippen LogP) is 2.83. The second-order valence-electron chi connectivity index (χ2n) is 4.22. The average molecular weight is 201 g/mol. The maximum Gasteiger partial charge on any atom is 0.0518 e. The Kier molecular flexibility index (Phi) is 8.20. The molecule has 0 saturated heterocycles. The summed E-state index contributed by atoms with van der Waals surface area (Å²) >= 11 is 0. The molecule has 0 aliphatic carbocycles. The average Bonchev–Trinajstić information content (AvgIpc) is 2.12. The van der Waals surface area contributed by atoms with Crippen molar-refractivity contribution < 1.29 is 4.74 Å². The third kappa shape index (κ3) is 6.39. The van der Waals surface area contributed by atoms with Gasteiger partial charge in [-0.15, -0.1) is 0 Å². The molecule has 0 radical (unpaired) electrons. The zero-order chi connectivity index (χ0) is 11.0. The van der Waals surface area contributed by atoms with Gasteiger partial charge in [0.1, 0.15) is 0 Å². The van der Waals surface area contributed by atoms with Crippen LogP contribution in [0.2, 0.25) is 0 Å². The molecule has 0 rings (SSSR count). The summed E-state index contributed by atoms with van der Waals surface area (Å²) in [5.41, 5.74) is 0. The van der Waals surface area contributed by atoms with Crippen LogP contribution in [0.25, 0.3) is 0 Å². The molecule has 0 spiro atoms. The Hall–Kier alpha value is -0.0800. The molecular weight excluding hydrogens is 174 g/mol. The minimum absolute atomic E-state index is 0.363. The molecule has 0 saturated carbocycles. The van der Waals surface area contributed by atoms with Gasteiger partial charge >= 0.3 is 0 Å². The molecule has 14 heavy (non-hydrogen) atoms. The summed E-state index contributed by atoms with van der Waals surface area (Å²) in [5.74, 6) is 0.744. The van der Waals surface area contributed by atoms with E-state index in [9.17, 15) is 0 Å². The van der Waals surface area contributed by atoms with E-state index >= 15 is 0 Å². The van der Waals surface area contributed by atoms with Crippen molar-refractivity contribution in [2.45, 2.75) is 59.6 Å². The van der Waals surface area contributed by atoms with Crippen LogP contribution in [0.5, 0.6) is 0 Å². The SMILES string of the molecule is CCNC(C)C(CC)CCOC(C)C. The van der Waals surface area contributed by atoms with Crippen LogP contribution in [0, 0.1) is 5.92 Å². The second-order valence-corrected chi connectivity index (χ2v) is 4.22. The minimum Gasteiger partial charge on any atom is -0.379 e. The summed E-state index contributed by atoms with van der Waals surface area (Å²) in [7, 11) is 0. The molecule has 0 aromatic carbocycles. The number of ether oxygens (including phenoxy) is 1. The Bertz CT molecular complexity index is 125. The Labute approximate surface area is 89.4 Å². The highest BCUT2D eigenvalue weighted by Crippen LogP contribution is 2.13. The van der Waals surface area contributed by atoms with Gasteiger partial charge in [-0.3, -0.25) is 0 Å². The third-order valence-electron chi connectivity index (χ3n) is 2.70. The lowest BCUT2D eigenvalue weighted by molar-refractivity contribution is 0.0648. The smallest absolute Gasteiger partial charge is 0.0518 e. The van der Waals surface area contributed by atoms with Gasteiger partial charge in [-0.25, -0.2) is 0 Å². The first-order valence-electron chi connectivity index (χ1n) is 5.96. The zero-order valence-corrected chi connectivity index (χ0v) is 10.5. The highest BCUT2D eigenvalue weighted by Gasteiger charge is 2.13. The Morgan fingerprint density at radius 2 is 1.79 bits per heavy atom. The van der Waals surface area contributed by atoms with Crippen molar-refractivity contribution in [1.82, 2.24) is 5.32 Å². The van der Waals surface area contributed by atoms with E-state index < -0.39 is 0 Å². The van der Waals surface area contributed by atoms with Gasteiger partial charge in [0.15, 0.2) is 0 Å². The van der Waals surface area contributed by atoms with Crippen LogP contribution in [0.3, 0.4) is 0 Å². The quantitative estimate of drug-likeness (QED) is 0.652. The summed E-state index contributed by atoms with van der Waals surface area (Å²) in [4.78, 5) is 0. The lowest BCUT2D eigenvalue weighted by Gasteiger charge is -2.23. The van der Waals surface area contributed by atoms with Gasteiger partial charge < -0.3 is 10.1 Å². The number of nitrogens with one attached hydrogen (secondary N) is 1. The van der Waals surface area contributed by atoms with Crippen molar-refractivity contribution in [2.75, 3.05) is 13.2 Å². The Morgan fingerprint density at radius 1 is 1.14 bits per heavy atom. The van der Waals surface area contributed by atoms with Gasteiger partial charge in [-0.05, 0) is 39.7 Å². The van der Waals surface area contributed by atoms with Crippen molar-refractivity contribution in [3.63, 3.8) is 0 Å². The van der Waals surface area contributed by atoms with E-state index in [2.05, 4.69) is 39.9 Å². The molecule has 0 aromatic heterocycles. The van der Waals surface area contributed by atoms with E-state index in [0.29, 0.717) is 12.1 Å². The molecule has 86 valence electrons. The van der Waals surface area contributed by atoms with Crippen LogP contribution in [-0.2, 0) is 4.74 Å². The van der Waals surface area contributed by atoms with Crippen LogP contribution in [0.15, 0.2) is 0 Å². The first kappa shape index (κ1) is 13.9. The van der Waals surface area contributed by atoms with Crippen LogP contribution >= 0.6 is 0 Å². The molecular formula is C12H27NO. The van der Waals surface area contributed by atoms with Gasteiger partial charge in [0.2, 0.25) is 0 Å². The van der Waals surface area contributed by atoms with Crippen LogP contribution in [0.4, 0.5) is 0 Å². The molecule has 0 aliphatic heterocycles. The monoisotopic (exact) mass is 201 g/mol. The highest BCUT2D eigenvalue weighted by atomic mass is 16.5. The van der Waals surface area contributed by atoms with Gasteiger partial charge in [-0.1, -0.05) is 20.3 Å². The zero-order valence-electron chi connectivity index (χ0n) is 10.5. The summed E-state index contributed by atoms with van der Waals surface area (Å²) in [5, 5.41) is 3.48.